The van der Waals surface area contributed by atoms with Crippen molar-refractivity contribution < 1.29 is 14.0 Å². The molecule has 9 heteroatoms. The summed E-state index contributed by atoms with van der Waals surface area (Å²) in [6, 6.07) is 10.2. The first-order chi connectivity index (χ1) is 13.9. The van der Waals surface area contributed by atoms with E-state index >= 15 is 0 Å². The van der Waals surface area contributed by atoms with Crippen molar-refractivity contribution in [3.05, 3.63) is 58.3 Å². The molecule has 0 atom stereocenters. The summed E-state index contributed by atoms with van der Waals surface area (Å²) in [6.07, 6.45) is 1.46. The highest BCUT2D eigenvalue weighted by molar-refractivity contribution is 6.36. The summed E-state index contributed by atoms with van der Waals surface area (Å²) >= 11 is 11.9. The van der Waals surface area contributed by atoms with Crippen LogP contribution >= 0.6 is 23.2 Å². The number of halogens is 3. The predicted molar refractivity (Wildman–Crippen MR) is 113 cm³/mol. The summed E-state index contributed by atoms with van der Waals surface area (Å²) < 4.78 is 12.9. The molecule has 2 aromatic carbocycles. The Kier molecular flexibility index (Phi) is 7.30. The van der Waals surface area contributed by atoms with E-state index in [1.54, 1.807) is 18.2 Å². The molecule has 0 radical (unpaired) electrons. The molecule has 0 saturated carbocycles. The zero-order valence-electron chi connectivity index (χ0n) is 15.6. The van der Waals surface area contributed by atoms with Crippen molar-refractivity contribution in [2.24, 2.45) is 0 Å². The van der Waals surface area contributed by atoms with E-state index in [1.807, 2.05) is 4.90 Å². The van der Waals surface area contributed by atoms with Gasteiger partial charge in [-0.1, -0.05) is 23.2 Å². The summed E-state index contributed by atoms with van der Waals surface area (Å²) in [4.78, 5) is 26.3. The average molecular weight is 439 g/mol. The minimum Gasteiger partial charge on any atom is -0.335 e. The van der Waals surface area contributed by atoms with Crippen molar-refractivity contribution in [2.45, 2.75) is 18.9 Å². The quantitative estimate of drug-likeness (QED) is 0.649. The van der Waals surface area contributed by atoms with Gasteiger partial charge in [0, 0.05) is 29.8 Å². The van der Waals surface area contributed by atoms with Crippen LogP contribution in [0.3, 0.4) is 0 Å². The summed E-state index contributed by atoms with van der Waals surface area (Å²) in [7, 11) is 0. The molecule has 0 aliphatic carbocycles. The maximum Gasteiger partial charge on any atom is 0.319 e. The second kappa shape index (κ2) is 9.91. The number of likely N-dealkylation sites (tertiary alicyclic amines) is 1. The van der Waals surface area contributed by atoms with Crippen molar-refractivity contribution in [1.82, 2.24) is 10.2 Å². The molecule has 1 aliphatic heterocycles. The largest absolute Gasteiger partial charge is 0.335 e. The molecule has 0 spiro atoms. The molecule has 29 heavy (non-hydrogen) atoms. The standard InChI is InChI=1S/C20H21Cl2FN4O2/c21-13-1-6-18(17(22)11-13)26-19(28)12-27-9-7-16(8-10-27)25-20(29)24-15-4-2-14(23)3-5-15/h1-6,11,16H,7-10,12H2,(H,26,28)(H2,24,25,29). The van der Waals surface area contributed by atoms with Gasteiger partial charge < -0.3 is 16.0 Å². The zero-order valence-corrected chi connectivity index (χ0v) is 17.1. The molecule has 3 N–H and O–H groups in total. The lowest BCUT2D eigenvalue weighted by Crippen LogP contribution is -2.47. The number of carbonyl (C=O) groups excluding carboxylic acids is 2. The third-order valence-corrected chi connectivity index (χ3v) is 5.15. The van der Waals surface area contributed by atoms with Gasteiger partial charge in [-0.25, -0.2) is 9.18 Å². The van der Waals surface area contributed by atoms with Crippen LogP contribution in [0.15, 0.2) is 42.5 Å². The molecule has 1 saturated heterocycles. The topological polar surface area (TPSA) is 73.5 Å². The van der Waals surface area contributed by atoms with Gasteiger partial charge in [0.15, 0.2) is 0 Å². The van der Waals surface area contributed by atoms with Crippen LogP contribution in [0, 0.1) is 5.82 Å². The van der Waals surface area contributed by atoms with Gasteiger partial charge in [0.05, 0.1) is 17.3 Å². The van der Waals surface area contributed by atoms with E-state index in [9.17, 15) is 14.0 Å². The van der Waals surface area contributed by atoms with Crippen LogP contribution in [0.5, 0.6) is 0 Å². The molecule has 6 nitrogen and oxygen atoms in total. The molecule has 154 valence electrons. The number of urea groups is 1. The fourth-order valence-electron chi connectivity index (χ4n) is 3.10. The Hall–Kier alpha value is -2.35. The van der Waals surface area contributed by atoms with Gasteiger partial charge in [-0.05, 0) is 55.3 Å². The third kappa shape index (κ3) is 6.59. The van der Waals surface area contributed by atoms with Crippen LogP contribution in [0.2, 0.25) is 10.0 Å². The Morgan fingerprint density at radius 3 is 2.38 bits per heavy atom. The van der Waals surface area contributed by atoms with E-state index in [1.165, 1.54) is 24.3 Å². The monoisotopic (exact) mass is 438 g/mol. The van der Waals surface area contributed by atoms with Crippen LogP contribution in [-0.2, 0) is 4.79 Å². The number of nitrogens with one attached hydrogen (secondary N) is 3. The average Bonchev–Trinajstić information content (AvgIpc) is 2.67. The van der Waals surface area contributed by atoms with Crippen LogP contribution in [-0.4, -0.2) is 42.5 Å². The van der Waals surface area contributed by atoms with Gasteiger partial charge in [0.1, 0.15) is 5.82 Å². The highest BCUT2D eigenvalue weighted by Gasteiger charge is 2.22. The Labute approximate surface area is 178 Å². The number of piperidine rings is 1. The minimum atomic E-state index is -0.356. The summed E-state index contributed by atoms with van der Waals surface area (Å²) in [5, 5.41) is 9.26. The fourth-order valence-corrected chi connectivity index (χ4v) is 3.56. The van der Waals surface area contributed by atoms with Gasteiger partial charge in [-0.3, -0.25) is 9.69 Å². The molecule has 3 rings (SSSR count). The number of carbonyl (C=O) groups is 2. The molecule has 1 aliphatic rings. The lowest BCUT2D eigenvalue weighted by atomic mass is 10.1. The van der Waals surface area contributed by atoms with E-state index in [-0.39, 0.29) is 30.3 Å². The van der Waals surface area contributed by atoms with E-state index in [0.29, 0.717) is 34.5 Å². The molecule has 1 heterocycles. The molecule has 2 aromatic rings. The Morgan fingerprint density at radius 2 is 1.72 bits per heavy atom. The highest BCUT2D eigenvalue weighted by Crippen LogP contribution is 2.25. The molecule has 0 unspecified atom stereocenters. The Bertz CT molecular complexity index is 871. The number of anilines is 2. The maximum absolute atomic E-state index is 12.9. The van der Waals surface area contributed by atoms with Crippen molar-refractivity contribution in [2.75, 3.05) is 30.3 Å². The van der Waals surface area contributed by atoms with E-state index < -0.39 is 0 Å². The number of hydrogen-bond donors (Lipinski definition) is 3. The van der Waals surface area contributed by atoms with Crippen LogP contribution in [0.1, 0.15) is 12.8 Å². The van der Waals surface area contributed by atoms with Crippen molar-refractivity contribution in [3.8, 4) is 0 Å². The Morgan fingerprint density at radius 1 is 1.03 bits per heavy atom. The molecular weight excluding hydrogens is 418 g/mol. The van der Waals surface area contributed by atoms with Crippen LogP contribution < -0.4 is 16.0 Å². The van der Waals surface area contributed by atoms with E-state index in [0.717, 1.165) is 12.8 Å². The second-order valence-electron chi connectivity index (χ2n) is 6.83. The van der Waals surface area contributed by atoms with E-state index in [4.69, 9.17) is 23.2 Å². The van der Waals surface area contributed by atoms with Crippen molar-refractivity contribution in [1.29, 1.82) is 0 Å². The first kappa shape index (κ1) is 21.4. The first-order valence-corrected chi connectivity index (χ1v) is 9.95. The fraction of sp³-hybridized carbons (Fsp3) is 0.300. The number of amides is 3. The second-order valence-corrected chi connectivity index (χ2v) is 7.67. The minimum absolute atomic E-state index is 0.0143. The van der Waals surface area contributed by atoms with Gasteiger partial charge >= 0.3 is 6.03 Å². The lowest BCUT2D eigenvalue weighted by Gasteiger charge is -2.31. The van der Waals surface area contributed by atoms with Crippen molar-refractivity contribution >= 4 is 46.5 Å². The number of rotatable bonds is 5. The predicted octanol–water partition coefficient (Wildman–Crippen LogP) is 4.36. The Balaban J connectivity index is 1.40. The van der Waals surface area contributed by atoms with Crippen molar-refractivity contribution in [3.63, 3.8) is 0 Å². The van der Waals surface area contributed by atoms with Gasteiger partial charge in [0.25, 0.3) is 0 Å². The summed E-state index contributed by atoms with van der Waals surface area (Å²) in [5.41, 5.74) is 1.05. The molecule has 3 amide bonds. The van der Waals surface area contributed by atoms with Gasteiger partial charge in [0.2, 0.25) is 5.91 Å². The zero-order chi connectivity index (χ0) is 20.8. The smallest absolute Gasteiger partial charge is 0.319 e. The number of nitrogens with zero attached hydrogens (tertiary/aromatic N) is 1. The van der Waals surface area contributed by atoms with Gasteiger partial charge in [-0.15, -0.1) is 0 Å². The molecule has 0 aromatic heterocycles. The lowest BCUT2D eigenvalue weighted by molar-refractivity contribution is -0.117. The normalized spacial score (nSPS) is 15.0. The van der Waals surface area contributed by atoms with Crippen LogP contribution in [0.25, 0.3) is 0 Å². The number of benzene rings is 2. The van der Waals surface area contributed by atoms with Crippen LogP contribution in [0.4, 0.5) is 20.6 Å². The first-order valence-electron chi connectivity index (χ1n) is 9.19. The highest BCUT2D eigenvalue weighted by atomic mass is 35.5. The molecule has 1 fully saturated rings. The molecule has 0 bridgehead atoms. The summed E-state index contributed by atoms with van der Waals surface area (Å²) in [6.45, 7) is 1.61. The van der Waals surface area contributed by atoms with E-state index in [2.05, 4.69) is 16.0 Å². The SMILES string of the molecule is O=C(CN1CCC(NC(=O)Nc2ccc(F)cc2)CC1)Nc1ccc(Cl)cc1Cl. The maximum atomic E-state index is 12.9. The number of hydrogen-bond acceptors (Lipinski definition) is 3. The summed E-state index contributed by atoms with van der Waals surface area (Å²) in [5.74, 6) is -0.514. The van der Waals surface area contributed by atoms with Gasteiger partial charge in [-0.2, -0.15) is 0 Å². The third-order valence-electron chi connectivity index (χ3n) is 4.60. The molecular formula is C20H21Cl2FN4O2.